The van der Waals surface area contributed by atoms with Crippen molar-refractivity contribution >= 4 is 5.91 Å². The molecule has 144 valence electrons. The molecule has 0 aromatic heterocycles. The van der Waals surface area contributed by atoms with Crippen molar-refractivity contribution < 1.29 is 23.7 Å². The molecule has 0 spiro atoms. The van der Waals surface area contributed by atoms with Crippen LogP contribution in [0, 0.1) is 0 Å². The van der Waals surface area contributed by atoms with Crippen LogP contribution in [0.15, 0.2) is 48.5 Å². The molecule has 1 aliphatic rings. The van der Waals surface area contributed by atoms with Gasteiger partial charge in [0, 0.05) is 12.7 Å². The lowest BCUT2D eigenvalue weighted by molar-refractivity contribution is -0.0736. The van der Waals surface area contributed by atoms with E-state index < -0.39 is 0 Å². The number of amides is 1. The maximum atomic E-state index is 12.8. The Labute approximate surface area is 159 Å². The number of carbonyl (C=O) groups excluding carboxylic acids is 1. The molecule has 0 saturated carbocycles. The third kappa shape index (κ3) is 4.99. The summed E-state index contributed by atoms with van der Waals surface area (Å²) in [6, 6.07) is 15.0. The molecule has 3 rings (SSSR count). The number of nitrogens with one attached hydrogen (secondary N) is 1. The van der Waals surface area contributed by atoms with Crippen LogP contribution in [-0.2, 0) is 16.1 Å². The van der Waals surface area contributed by atoms with Crippen LogP contribution in [-0.4, -0.2) is 45.5 Å². The number of methoxy groups -OCH3 is 2. The van der Waals surface area contributed by atoms with Gasteiger partial charge in [0.15, 0.2) is 0 Å². The number of benzene rings is 2. The van der Waals surface area contributed by atoms with Crippen LogP contribution >= 0.6 is 0 Å². The van der Waals surface area contributed by atoms with Gasteiger partial charge >= 0.3 is 0 Å². The number of hydrogen-bond acceptors (Lipinski definition) is 5. The summed E-state index contributed by atoms with van der Waals surface area (Å²) in [5.74, 6) is 0.911. The summed E-state index contributed by atoms with van der Waals surface area (Å²) >= 11 is 0. The summed E-state index contributed by atoms with van der Waals surface area (Å²) in [7, 11) is 3.11. The van der Waals surface area contributed by atoms with Crippen LogP contribution in [0.1, 0.15) is 22.3 Å². The third-order valence-corrected chi connectivity index (χ3v) is 4.58. The van der Waals surface area contributed by atoms with Crippen LogP contribution in [0.4, 0.5) is 0 Å². The van der Waals surface area contributed by atoms with E-state index in [0.29, 0.717) is 43.3 Å². The maximum Gasteiger partial charge on any atom is 0.255 e. The maximum absolute atomic E-state index is 12.8. The van der Waals surface area contributed by atoms with Gasteiger partial charge < -0.3 is 24.3 Å². The topological polar surface area (TPSA) is 66.0 Å². The minimum atomic E-state index is -0.202. The van der Waals surface area contributed by atoms with E-state index in [0.717, 1.165) is 5.56 Å². The zero-order chi connectivity index (χ0) is 19.1. The zero-order valence-electron chi connectivity index (χ0n) is 15.6. The molecule has 0 bridgehead atoms. The van der Waals surface area contributed by atoms with E-state index in [-0.39, 0.29) is 18.1 Å². The van der Waals surface area contributed by atoms with Crippen molar-refractivity contribution in [2.24, 2.45) is 0 Å². The molecule has 1 heterocycles. The Morgan fingerprint density at radius 3 is 2.70 bits per heavy atom. The number of hydrogen-bond donors (Lipinski definition) is 1. The first-order valence-electron chi connectivity index (χ1n) is 8.97. The summed E-state index contributed by atoms with van der Waals surface area (Å²) in [4.78, 5) is 12.8. The van der Waals surface area contributed by atoms with Crippen molar-refractivity contribution in [1.29, 1.82) is 0 Å². The standard InChI is InChI=1S/C21H25NO5/c1-24-16-8-9-17(19(12-16)25-2)21(23)22-18-10-11-26-14-20(18)27-13-15-6-4-3-5-7-15/h3-9,12,18,20H,10-11,13-14H2,1-2H3,(H,22,23)/t18-,20-/m0/s1. The summed E-state index contributed by atoms with van der Waals surface area (Å²) in [5, 5.41) is 3.07. The van der Waals surface area contributed by atoms with E-state index in [9.17, 15) is 4.79 Å². The molecule has 2 atom stereocenters. The molecule has 27 heavy (non-hydrogen) atoms. The molecule has 6 nitrogen and oxygen atoms in total. The lowest BCUT2D eigenvalue weighted by Gasteiger charge is -2.32. The first-order chi connectivity index (χ1) is 13.2. The van der Waals surface area contributed by atoms with Crippen LogP contribution in [0.25, 0.3) is 0 Å². The molecule has 1 aliphatic heterocycles. The molecule has 0 radical (unpaired) electrons. The zero-order valence-corrected chi connectivity index (χ0v) is 15.6. The van der Waals surface area contributed by atoms with Crippen LogP contribution in [0.2, 0.25) is 0 Å². The fraction of sp³-hybridized carbons (Fsp3) is 0.381. The minimum Gasteiger partial charge on any atom is -0.497 e. The first kappa shape index (κ1) is 19.2. The Morgan fingerprint density at radius 2 is 1.96 bits per heavy atom. The number of rotatable bonds is 7. The van der Waals surface area contributed by atoms with Crippen molar-refractivity contribution in [3.63, 3.8) is 0 Å². The SMILES string of the molecule is COc1ccc(C(=O)N[C@H]2CCOC[C@@H]2OCc2ccccc2)c(OC)c1. The Kier molecular flexibility index (Phi) is 6.68. The molecule has 2 aromatic rings. The van der Waals surface area contributed by atoms with E-state index in [2.05, 4.69) is 5.32 Å². The van der Waals surface area contributed by atoms with Gasteiger partial charge in [-0.15, -0.1) is 0 Å². The smallest absolute Gasteiger partial charge is 0.255 e. The fourth-order valence-corrected chi connectivity index (χ4v) is 3.05. The number of carbonyl (C=O) groups is 1. The number of ether oxygens (including phenoxy) is 4. The summed E-state index contributed by atoms with van der Waals surface area (Å²) < 4.78 is 22.1. The second-order valence-corrected chi connectivity index (χ2v) is 6.34. The van der Waals surface area contributed by atoms with Gasteiger partial charge in [0.1, 0.15) is 17.6 Å². The highest BCUT2D eigenvalue weighted by atomic mass is 16.5. The normalized spacial score (nSPS) is 19.3. The average Bonchev–Trinajstić information content (AvgIpc) is 2.73. The Balaban J connectivity index is 1.66. The van der Waals surface area contributed by atoms with E-state index in [4.69, 9.17) is 18.9 Å². The fourth-order valence-electron chi connectivity index (χ4n) is 3.05. The molecule has 1 amide bonds. The molecule has 0 aliphatic carbocycles. The van der Waals surface area contributed by atoms with Gasteiger partial charge in [-0.25, -0.2) is 0 Å². The average molecular weight is 371 g/mol. The molecule has 6 heteroatoms. The third-order valence-electron chi connectivity index (χ3n) is 4.58. The molecule has 1 N–H and O–H groups in total. The lowest BCUT2D eigenvalue weighted by atomic mass is 10.0. The monoisotopic (exact) mass is 371 g/mol. The Morgan fingerprint density at radius 1 is 1.15 bits per heavy atom. The highest BCUT2D eigenvalue weighted by molar-refractivity contribution is 5.97. The van der Waals surface area contributed by atoms with Gasteiger partial charge in [-0.1, -0.05) is 30.3 Å². The second kappa shape index (κ2) is 9.39. The first-order valence-corrected chi connectivity index (χ1v) is 8.97. The summed E-state index contributed by atoms with van der Waals surface area (Å²) in [6.45, 7) is 1.53. The quantitative estimate of drug-likeness (QED) is 0.811. The molecule has 1 fully saturated rings. The predicted molar refractivity (Wildman–Crippen MR) is 101 cm³/mol. The summed E-state index contributed by atoms with van der Waals surface area (Å²) in [6.07, 6.45) is 0.496. The van der Waals surface area contributed by atoms with Gasteiger partial charge in [-0.3, -0.25) is 4.79 Å². The van der Waals surface area contributed by atoms with E-state index in [1.807, 2.05) is 30.3 Å². The Bertz CT molecular complexity index is 749. The van der Waals surface area contributed by atoms with Crippen molar-refractivity contribution in [2.75, 3.05) is 27.4 Å². The molecular formula is C21H25NO5. The highest BCUT2D eigenvalue weighted by Crippen LogP contribution is 2.25. The van der Waals surface area contributed by atoms with Gasteiger partial charge in [0.2, 0.25) is 0 Å². The second-order valence-electron chi connectivity index (χ2n) is 6.34. The summed E-state index contributed by atoms with van der Waals surface area (Å²) in [5.41, 5.74) is 1.55. The van der Waals surface area contributed by atoms with Crippen molar-refractivity contribution in [1.82, 2.24) is 5.32 Å². The molecule has 0 unspecified atom stereocenters. The largest absolute Gasteiger partial charge is 0.497 e. The van der Waals surface area contributed by atoms with Crippen molar-refractivity contribution in [2.45, 2.75) is 25.2 Å². The van der Waals surface area contributed by atoms with E-state index in [1.165, 1.54) is 7.11 Å². The molecule has 1 saturated heterocycles. The van der Waals surface area contributed by atoms with Gasteiger partial charge in [-0.05, 0) is 24.1 Å². The molecule has 2 aromatic carbocycles. The predicted octanol–water partition coefficient (Wildman–Crippen LogP) is 2.81. The van der Waals surface area contributed by atoms with Crippen molar-refractivity contribution in [3.05, 3.63) is 59.7 Å². The van der Waals surface area contributed by atoms with Gasteiger partial charge in [0.25, 0.3) is 5.91 Å². The van der Waals surface area contributed by atoms with Crippen LogP contribution in [0.3, 0.4) is 0 Å². The van der Waals surface area contributed by atoms with Crippen LogP contribution < -0.4 is 14.8 Å². The Hall–Kier alpha value is -2.57. The molecular weight excluding hydrogens is 346 g/mol. The lowest BCUT2D eigenvalue weighted by Crippen LogP contribution is -2.50. The van der Waals surface area contributed by atoms with E-state index >= 15 is 0 Å². The van der Waals surface area contributed by atoms with E-state index in [1.54, 1.807) is 25.3 Å². The van der Waals surface area contributed by atoms with Crippen LogP contribution in [0.5, 0.6) is 11.5 Å². The van der Waals surface area contributed by atoms with Crippen molar-refractivity contribution in [3.8, 4) is 11.5 Å². The highest BCUT2D eigenvalue weighted by Gasteiger charge is 2.29. The van der Waals surface area contributed by atoms with Gasteiger partial charge in [0.05, 0.1) is 39.0 Å². The minimum absolute atomic E-state index is 0.123. The van der Waals surface area contributed by atoms with Gasteiger partial charge in [-0.2, -0.15) is 0 Å².